The van der Waals surface area contributed by atoms with Crippen LogP contribution in [0.4, 0.5) is 0 Å². The second-order valence-corrected chi connectivity index (χ2v) is 5.61. The van der Waals surface area contributed by atoms with E-state index >= 15 is 0 Å². The molecule has 0 aliphatic rings. The van der Waals surface area contributed by atoms with Gasteiger partial charge in [-0.25, -0.2) is 4.79 Å². The molecule has 5 nitrogen and oxygen atoms in total. The minimum Gasteiger partial charge on any atom is -0.465 e. The molecule has 0 heterocycles. The first kappa shape index (κ1) is 19.2. The molecule has 1 amide bonds. The van der Waals surface area contributed by atoms with E-state index in [1.165, 1.54) is 7.11 Å². The normalized spacial score (nSPS) is 12.0. The van der Waals surface area contributed by atoms with Gasteiger partial charge in [0.15, 0.2) is 0 Å². The second kappa shape index (κ2) is 10.0. The van der Waals surface area contributed by atoms with Gasteiger partial charge in [0, 0.05) is 11.6 Å². The van der Waals surface area contributed by atoms with Gasteiger partial charge < -0.3 is 15.0 Å². The summed E-state index contributed by atoms with van der Waals surface area (Å²) >= 11 is 0. The molecule has 1 rings (SSSR count). The van der Waals surface area contributed by atoms with Crippen molar-refractivity contribution in [3.8, 4) is 0 Å². The Hall–Kier alpha value is -1.88. The Morgan fingerprint density at radius 1 is 1.13 bits per heavy atom. The zero-order valence-corrected chi connectivity index (χ0v) is 14.6. The lowest BCUT2D eigenvalue weighted by Gasteiger charge is -2.19. The minimum absolute atomic E-state index is 0.114. The smallest absolute Gasteiger partial charge is 0.337 e. The topological polar surface area (TPSA) is 58.6 Å². The minimum atomic E-state index is -0.401. The SMILES string of the molecule is CCN(CC)CCC[C@@H](C)NC(=O)c1ccc(C(=O)OC)cc1. The lowest BCUT2D eigenvalue weighted by molar-refractivity contribution is 0.0600. The number of carbonyl (C=O) groups is 2. The highest BCUT2D eigenvalue weighted by Crippen LogP contribution is 2.07. The number of carbonyl (C=O) groups excluding carboxylic acids is 2. The summed E-state index contributed by atoms with van der Waals surface area (Å²) in [6.45, 7) is 9.51. The molecule has 5 heteroatoms. The van der Waals surface area contributed by atoms with Crippen molar-refractivity contribution < 1.29 is 14.3 Å². The number of nitrogens with one attached hydrogen (secondary N) is 1. The Kier molecular flexibility index (Phi) is 8.33. The number of hydrogen-bond acceptors (Lipinski definition) is 4. The first-order valence-electron chi connectivity index (χ1n) is 8.23. The average Bonchev–Trinajstić information content (AvgIpc) is 2.58. The van der Waals surface area contributed by atoms with Crippen molar-refractivity contribution in [3.05, 3.63) is 35.4 Å². The first-order valence-corrected chi connectivity index (χ1v) is 8.23. The monoisotopic (exact) mass is 320 g/mol. The van der Waals surface area contributed by atoms with Crippen LogP contribution < -0.4 is 5.32 Å². The van der Waals surface area contributed by atoms with Crippen molar-refractivity contribution in [1.82, 2.24) is 10.2 Å². The van der Waals surface area contributed by atoms with Gasteiger partial charge in [0.2, 0.25) is 0 Å². The van der Waals surface area contributed by atoms with Gasteiger partial charge in [0.1, 0.15) is 0 Å². The van der Waals surface area contributed by atoms with Gasteiger partial charge in [-0.2, -0.15) is 0 Å². The zero-order chi connectivity index (χ0) is 17.2. The summed E-state index contributed by atoms with van der Waals surface area (Å²) in [6.07, 6.45) is 2.01. The van der Waals surface area contributed by atoms with E-state index in [9.17, 15) is 9.59 Å². The van der Waals surface area contributed by atoms with Crippen LogP contribution in [0.3, 0.4) is 0 Å². The van der Waals surface area contributed by atoms with E-state index in [-0.39, 0.29) is 11.9 Å². The van der Waals surface area contributed by atoms with E-state index in [4.69, 9.17) is 0 Å². The Balaban J connectivity index is 2.44. The maximum atomic E-state index is 12.2. The van der Waals surface area contributed by atoms with Crippen molar-refractivity contribution in [2.24, 2.45) is 0 Å². The summed E-state index contributed by atoms with van der Waals surface area (Å²) in [5.74, 6) is -0.515. The van der Waals surface area contributed by atoms with Gasteiger partial charge >= 0.3 is 5.97 Å². The van der Waals surface area contributed by atoms with Crippen LogP contribution in [0.1, 0.15) is 54.3 Å². The zero-order valence-electron chi connectivity index (χ0n) is 14.6. The molecule has 0 aliphatic heterocycles. The average molecular weight is 320 g/mol. The summed E-state index contributed by atoms with van der Waals surface area (Å²) in [5, 5.41) is 2.99. The summed E-state index contributed by atoms with van der Waals surface area (Å²) in [4.78, 5) is 25.9. The standard InChI is InChI=1S/C18H28N2O3/c1-5-20(6-2)13-7-8-14(3)19-17(21)15-9-11-16(12-10-15)18(22)23-4/h9-12,14H,5-8,13H2,1-4H3,(H,19,21)/t14-/m1/s1. The molecule has 0 aliphatic carbocycles. The van der Waals surface area contributed by atoms with Gasteiger partial charge in [-0.15, -0.1) is 0 Å². The van der Waals surface area contributed by atoms with Crippen molar-refractivity contribution in [3.63, 3.8) is 0 Å². The van der Waals surface area contributed by atoms with Crippen molar-refractivity contribution >= 4 is 11.9 Å². The maximum absolute atomic E-state index is 12.2. The van der Waals surface area contributed by atoms with Crippen molar-refractivity contribution in [1.29, 1.82) is 0 Å². The number of ether oxygens (including phenoxy) is 1. The fourth-order valence-electron chi connectivity index (χ4n) is 2.42. The molecule has 1 N–H and O–H groups in total. The van der Waals surface area contributed by atoms with Crippen LogP contribution in [0.15, 0.2) is 24.3 Å². The van der Waals surface area contributed by atoms with E-state index < -0.39 is 5.97 Å². The molecule has 0 saturated carbocycles. The van der Waals surface area contributed by atoms with E-state index in [1.807, 2.05) is 6.92 Å². The van der Waals surface area contributed by atoms with Crippen LogP contribution in [0.2, 0.25) is 0 Å². The highest BCUT2D eigenvalue weighted by Gasteiger charge is 2.11. The van der Waals surface area contributed by atoms with Crippen molar-refractivity contribution in [2.75, 3.05) is 26.7 Å². The molecule has 0 bridgehead atoms. The molecule has 1 aromatic rings. The molecule has 0 unspecified atom stereocenters. The Morgan fingerprint density at radius 3 is 2.22 bits per heavy atom. The quantitative estimate of drug-likeness (QED) is 0.711. The maximum Gasteiger partial charge on any atom is 0.337 e. The molecule has 128 valence electrons. The fourth-order valence-corrected chi connectivity index (χ4v) is 2.42. The third-order valence-corrected chi connectivity index (χ3v) is 3.95. The van der Waals surface area contributed by atoms with Gasteiger partial charge in [-0.3, -0.25) is 4.79 Å². The number of benzene rings is 1. The van der Waals surface area contributed by atoms with Crippen molar-refractivity contribution in [2.45, 2.75) is 39.7 Å². The predicted octanol–water partition coefficient (Wildman–Crippen LogP) is 2.71. The predicted molar refractivity (Wildman–Crippen MR) is 91.7 cm³/mol. The highest BCUT2D eigenvalue weighted by atomic mass is 16.5. The molecular weight excluding hydrogens is 292 g/mol. The van der Waals surface area contributed by atoms with E-state index in [0.29, 0.717) is 11.1 Å². The summed E-state index contributed by atoms with van der Waals surface area (Å²) in [6, 6.07) is 6.62. The molecule has 0 aromatic heterocycles. The number of rotatable bonds is 9. The van der Waals surface area contributed by atoms with E-state index in [0.717, 1.165) is 32.5 Å². The Labute approximate surface area is 139 Å². The number of hydrogen-bond donors (Lipinski definition) is 1. The van der Waals surface area contributed by atoms with Gasteiger partial charge in [-0.05, 0) is 63.7 Å². The number of nitrogens with zero attached hydrogens (tertiary/aromatic N) is 1. The second-order valence-electron chi connectivity index (χ2n) is 5.61. The first-order chi connectivity index (χ1) is 11.0. The van der Waals surface area contributed by atoms with E-state index in [1.54, 1.807) is 24.3 Å². The number of methoxy groups -OCH3 is 1. The third kappa shape index (κ3) is 6.40. The van der Waals surface area contributed by atoms with Gasteiger partial charge in [-0.1, -0.05) is 13.8 Å². The Morgan fingerprint density at radius 2 is 1.70 bits per heavy atom. The summed E-state index contributed by atoms with van der Waals surface area (Å²) < 4.78 is 4.64. The largest absolute Gasteiger partial charge is 0.465 e. The van der Waals surface area contributed by atoms with Crippen LogP contribution in [-0.4, -0.2) is 49.6 Å². The van der Waals surface area contributed by atoms with Gasteiger partial charge in [0.05, 0.1) is 12.7 Å². The summed E-state index contributed by atoms with van der Waals surface area (Å²) in [5.41, 5.74) is 0.990. The third-order valence-electron chi connectivity index (χ3n) is 3.95. The fraction of sp³-hybridized carbons (Fsp3) is 0.556. The van der Waals surface area contributed by atoms with Crippen LogP contribution in [0.5, 0.6) is 0 Å². The number of amides is 1. The molecule has 0 spiro atoms. The molecule has 0 saturated heterocycles. The van der Waals surface area contributed by atoms with Crippen LogP contribution in [0, 0.1) is 0 Å². The molecule has 1 atom stereocenters. The molecule has 0 radical (unpaired) electrons. The number of esters is 1. The molecule has 0 fully saturated rings. The van der Waals surface area contributed by atoms with Crippen LogP contribution in [-0.2, 0) is 4.74 Å². The highest BCUT2D eigenvalue weighted by molar-refractivity contribution is 5.96. The van der Waals surface area contributed by atoms with Crippen LogP contribution in [0.25, 0.3) is 0 Å². The molecular formula is C18H28N2O3. The lowest BCUT2D eigenvalue weighted by Crippen LogP contribution is -2.33. The molecule has 1 aromatic carbocycles. The summed E-state index contributed by atoms with van der Waals surface area (Å²) in [7, 11) is 1.34. The lowest BCUT2D eigenvalue weighted by atomic mass is 10.1. The Bertz CT molecular complexity index is 495. The van der Waals surface area contributed by atoms with Gasteiger partial charge in [0.25, 0.3) is 5.91 Å². The van der Waals surface area contributed by atoms with E-state index in [2.05, 4.69) is 28.8 Å². The van der Waals surface area contributed by atoms with Crippen LogP contribution >= 0.6 is 0 Å². The molecule has 23 heavy (non-hydrogen) atoms.